The van der Waals surface area contributed by atoms with Crippen LogP contribution in [-0.4, -0.2) is 34.7 Å². The van der Waals surface area contributed by atoms with E-state index in [-0.39, 0.29) is 30.8 Å². The summed E-state index contributed by atoms with van der Waals surface area (Å²) in [6, 6.07) is 16.3. The maximum absolute atomic E-state index is 6.15. The molecular weight excluding hydrogens is 597 g/mol. The van der Waals surface area contributed by atoms with Crippen LogP contribution in [0.25, 0.3) is 22.0 Å². The van der Waals surface area contributed by atoms with Crippen molar-refractivity contribution in [2.45, 2.75) is 26.0 Å². The van der Waals surface area contributed by atoms with E-state index in [9.17, 15) is 0 Å². The Labute approximate surface area is 239 Å². The molecule has 0 bridgehead atoms. The predicted molar refractivity (Wildman–Crippen MR) is 139 cm³/mol. The summed E-state index contributed by atoms with van der Waals surface area (Å²) in [6.07, 6.45) is 3.84. The Morgan fingerprint density at radius 1 is 0.868 bits per heavy atom. The van der Waals surface area contributed by atoms with E-state index in [1.54, 1.807) is 21.3 Å². The first kappa shape index (κ1) is 26.4. The number of aryl methyl sites for hydroxylation is 2. The van der Waals surface area contributed by atoms with Crippen LogP contribution in [0.1, 0.15) is 16.7 Å². The number of aromatic nitrogens is 1. The fourth-order valence-corrected chi connectivity index (χ4v) is 5.35. The number of hydrogen-bond acceptors (Lipinski definition) is 6. The Morgan fingerprint density at radius 3 is 2.39 bits per heavy atom. The first-order valence-electron chi connectivity index (χ1n) is 12.4. The third kappa shape index (κ3) is 4.71. The molecule has 4 aromatic rings. The van der Waals surface area contributed by atoms with Gasteiger partial charge in [0.2, 0.25) is 12.5 Å². The molecule has 7 nitrogen and oxygen atoms in total. The molecule has 38 heavy (non-hydrogen) atoms. The van der Waals surface area contributed by atoms with Crippen molar-refractivity contribution in [1.29, 1.82) is 0 Å². The minimum Gasteiger partial charge on any atom is -1.00 e. The Kier molecular flexibility index (Phi) is 7.80. The van der Waals surface area contributed by atoms with E-state index in [1.165, 1.54) is 22.4 Å². The number of fused-ring (bicyclic) bond motifs is 5. The van der Waals surface area contributed by atoms with Gasteiger partial charge in [-0.2, -0.15) is 4.57 Å². The van der Waals surface area contributed by atoms with Crippen LogP contribution in [0, 0.1) is 0 Å². The molecule has 0 unspecified atom stereocenters. The average Bonchev–Trinajstić information content (AvgIpc) is 3.40. The molecule has 198 valence electrons. The highest BCUT2D eigenvalue weighted by molar-refractivity contribution is 5.95. The zero-order chi connectivity index (χ0) is 25.4. The summed E-state index contributed by atoms with van der Waals surface area (Å²) in [7, 11) is 5.03. The zero-order valence-electron chi connectivity index (χ0n) is 21.7. The minimum absolute atomic E-state index is 0. The number of hydrogen-bond donors (Lipinski definition) is 0. The highest BCUT2D eigenvalue weighted by Gasteiger charge is 2.32. The highest BCUT2D eigenvalue weighted by atomic mass is 127. The van der Waals surface area contributed by atoms with Crippen molar-refractivity contribution in [1.82, 2.24) is 0 Å². The van der Waals surface area contributed by atoms with Gasteiger partial charge in [0.1, 0.15) is 5.75 Å². The van der Waals surface area contributed by atoms with Crippen molar-refractivity contribution in [3.05, 3.63) is 71.4 Å². The lowest BCUT2D eigenvalue weighted by molar-refractivity contribution is -0.686. The lowest BCUT2D eigenvalue weighted by Crippen LogP contribution is -3.00. The molecule has 0 atom stereocenters. The van der Waals surface area contributed by atoms with Crippen LogP contribution in [0.15, 0.2) is 54.7 Å². The Bertz CT molecular complexity index is 1470. The van der Waals surface area contributed by atoms with Gasteiger partial charge in [-0.25, -0.2) is 0 Å². The monoisotopic (exact) mass is 627 g/mol. The number of rotatable bonds is 8. The second-order valence-corrected chi connectivity index (χ2v) is 9.18. The van der Waals surface area contributed by atoms with E-state index in [2.05, 4.69) is 29.0 Å². The summed E-state index contributed by atoms with van der Waals surface area (Å²) in [4.78, 5) is 0. The van der Waals surface area contributed by atoms with E-state index in [0.717, 1.165) is 64.5 Å². The molecule has 0 saturated carbocycles. The van der Waals surface area contributed by atoms with Crippen molar-refractivity contribution < 1.29 is 57.0 Å². The predicted octanol–water partition coefficient (Wildman–Crippen LogP) is 1.87. The van der Waals surface area contributed by atoms with Gasteiger partial charge in [-0.15, -0.1) is 0 Å². The Balaban J connectivity index is 0.00000294. The second-order valence-electron chi connectivity index (χ2n) is 9.18. The third-order valence-electron chi connectivity index (χ3n) is 7.17. The number of pyridine rings is 1. The Hall–Kier alpha value is -3.24. The van der Waals surface area contributed by atoms with E-state index < -0.39 is 0 Å². The molecule has 0 aliphatic carbocycles. The molecule has 1 aromatic heterocycles. The van der Waals surface area contributed by atoms with Crippen molar-refractivity contribution in [2.24, 2.45) is 0 Å². The van der Waals surface area contributed by atoms with E-state index >= 15 is 0 Å². The van der Waals surface area contributed by atoms with Gasteiger partial charge in [0.15, 0.2) is 35.7 Å². The molecule has 8 heteroatoms. The van der Waals surface area contributed by atoms with Crippen molar-refractivity contribution in [3.8, 4) is 40.0 Å². The van der Waals surface area contributed by atoms with Crippen LogP contribution in [-0.2, 0) is 30.7 Å². The Morgan fingerprint density at radius 2 is 1.66 bits per heavy atom. The smallest absolute Gasteiger partial charge is 0.231 e. The fraction of sp³-hybridized carbons (Fsp3) is 0.300. The van der Waals surface area contributed by atoms with Gasteiger partial charge in [-0.05, 0) is 47.5 Å². The van der Waals surface area contributed by atoms with E-state index in [1.807, 2.05) is 30.3 Å². The van der Waals surface area contributed by atoms with E-state index in [0.29, 0.717) is 13.2 Å². The summed E-state index contributed by atoms with van der Waals surface area (Å²) < 4.78 is 36.5. The molecule has 2 aliphatic rings. The van der Waals surface area contributed by atoms with Crippen molar-refractivity contribution >= 4 is 10.8 Å². The van der Waals surface area contributed by atoms with Gasteiger partial charge in [-0.1, -0.05) is 12.1 Å². The van der Waals surface area contributed by atoms with Crippen LogP contribution in [0.3, 0.4) is 0 Å². The van der Waals surface area contributed by atoms with Crippen molar-refractivity contribution in [3.63, 3.8) is 0 Å². The largest absolute Gasteiger partial charge is 1.00 e. The fourth-order valence-electron chi connectivity index (χ4n) is 5.35. The molecule has 0 amide bonds. The van der Waals surface area contributed by atoms with Crippen LogP contribution < -0.4 is 52.2 Å². The maximum atomic E-state index is 6.15. The third-order valence-corrected chi connectivity index (χ3v) is 7.17. The molecule has 0 spiro atoms. The zero-order valence-corrected chi connectivity index (χ0v) is 23.9. The van der Waals surface area contributed by atoms with Gasteiger partial charge in [0, 0.05) is 23.8 Å². The molecule has 6 rings (SSSR count). The van der Waals surface area contributed by atoms with Gasteiger partial charge in [-0.3, -0.25) is 0 Å². The topological polar surface area (TPSA) is 59.3 Å². The quantitative estimate of drug-likeness (QED) is 0.169. The molecule has 0 N–H and O–H groups in total. The second kappa shape index (κ2) is 11.2. The summed E-state index contributed by atoms with van der Waals surface area (Å²) in [6.45, 7) is 2.24. The average molecular weight is 627 g/mol. The molecule has 3 heterocycles. The molecule has 2 aliphatic heterocycles. The van der Waals surface area contributed by atoms with Crippen LogP contribution in [0.5, 0.6) is 28.7 Å². The van der Waals surface area contributed by atoms with Gasteiger partial charge >= 0.3 is 0 Å². The van der Waals surface area contributed by atoms with Gasteiger partial charge in [0.25, 0.3) is 0 Å². The van der Waals surface area contributed by atoms with Crippen LogP contribution in [0.4, 0.5) is 0 Å². The summed E-state index contributed by atoms with van der Waals surface area (Å²) in [5.41, 5.74) is 5.96. The minimum atomic E-state index is 0. The molecule has 3 aromatic carbocycles. The van der Waals surface area contributed by atoms with Crippen LogP contribution in [0.2, 0.25) is 0 Å². The normalized spacial score (nSPS) is 12.9. The lowest BCUT2D eigenvalue weighted by atomic mass is 9.90. The summed E-state index contributed by atoms with van der Waals surface area (Å²) in [5.74, 6) is 3.92. The summed E-state index contributed by atoms with van der Waals surface area (Å²) in [5, 5.41) is 2.16. The maximum Gasteiger partial charge on any atom is 0.231 e. The van der Waals surface area contributed by atoms with Crippen LogP contribution >= 0.6 is 0 Å². The molecular formula is C30H30INO6. The van der Waals surface area contributed by atoms with Crippen molar-refractivity contribution in [2.75, 3.05) is 34.7 Å². The summed E-state index contributed by atoms with van der Waals surface area (Å²) >= 11 is 0. The molecule has 0 saturated heterocycles. The number of ether oxygens (including phenoxy) is 6. The first-order chi connectivity index (χ1) is 18.2. The first-order valence-corrected chi connectivity index (χ1v) is 12.4. The SMILES string of the molecule is COc1ccc(COCCc2c3[n+](cc4c(OC)c(OC)ccc24)CCc2cc4c(cc2-3)OCO4)cc1.[I-]. The number of benzene rings is 3. The number of halogens is 1. The highest BCUT2D eigenvalue weighted by Crippen LogP contribution is 2.43. The van der Waals surface area contributed by atoms with Gasteiger partial charge in [0.05, 0.1) is 45.5 Å². The number of methoxy groups -OCH3 is 3. The molecule has 0 fully saturated rings. The molecule has 0 radical (unpaired) electrons. The van der Waals surface area contributed by atoms with Gasteiger partial charge < -0.3 is 52.4 Å². The van der Waals surface area contributed by atoms with E-state index in [4.69, 9.17) is 28.4 Å². The standard InChI is InChI=1S/C30H30NO6.HI/c1-32-21-6-4-19(5-7-21)17-35-13-11-23-22-8-9-26(33-2)30(34-3)25(22)16-31-12-10-20-14-27-28(37-18-36-27)15-24(20)29(23)31;/h4-9,14-16H,10-13,17-18H2,1-3H3;1H/q+1;/p-1. The lowest BCUT2D eigenvalue weighted by Gasteiger charge is -2.21. The number of nitrogens with zero attached hydrogens (tertiary/aromatic N) is 1.